The van der Waals surface area contributed by atoms with Crippen LogP contribution in [-0.2, 0) is 0 Å². The maximum absolute atomic E-state index is 5.57. The monoisotopic (exact) mass is 194 g/mol. The van der Waals surface area contributed by atoms with Crippen LogP contribution in [0.25, 0.3) is 6.08 Å². The van der Waals surface area contributed by atoms with E-state index in [1.807, 2.05) is 0 Å². The average molecular weight is 195 g/mol. The first-order valence-corrected chi connectivity index (χ1v) is 5.15. The van der Waals surface area contributed by atoms with Crippen molar-refractivity contribution in [2.24, 2.45) is 0 Å². The fourth-order valence-corrected chi connectivity index (χ4v) is 1.25. The second-order valence-corrected chi connectivity index (χ2v) is 3.52. The maximum Gasteiger partial charge on any atom is 0.0226 e. The Morgan fingerprint density at radius 3 is 2.54 bits per heavy atom. The summed E-state index contributed by atoms with van der Waals surface area (Å²) in [7, 11) is 0. The van der Waals surface area contributed by atoms with Crippen LogP contribution >= 0.6 is 11.6 Å². The number of hydrogen-bond acceptors (Lipinski definition) is 0. The summed E-state index contributed by atoms with van der Waals surface area (Å²) in [5, 5.41) is 0. The number of alkyl halides is 1. The molecule has 0 aliphatic carbocycles. The number of benzene rings is 1. The molecule has 0 spiro atoms. The third-order valence-electron chi connectivity index (χ3n) is 1.89. The van der Waals surface area contributed by atoms with Crippen molar-refractivity contribution in [3.05, 3.63) is 41.5 Å². The highest BCUT2D eigenvalue weighted by Gasteiger charge is 1.85. The van der Waals surface area contributed by atoms with Crippen LogP contribution in [0.4, 0.5) is 0 Å². The highest BCUT2D eigenvalue weighted by atomic mass is 35.5. The molecule has 0 atom stereocenters. The molecule has 0 N–H and O–H groups in total. The van der Waals surface area contributed by atoms with Gasteiger partial charge in [-0.2, -0.15) is 0 Å². The van der Waals surface area contributed by atoms with Crippen molar-refractivity contribution in [2.75, 3.05) is 5.88 Å². The Labute approximate surface area is 85.2 Å². The first kappa shape index (κ1) is 10.3. The van der Waals surface area contributed by atoms with Gasteiger partial charge in [-0.05, 0) is 25.3 Å². The van der Waals surface area contributed by atoms with Crippen molar-refractivity contribution in [2.45, 2.75) is 19.8 Å². The van der Waals surface area contributed by atoms with Crippen molar-refractivity contribution >= 4 is 17.7 Å². The highest BCUT2D eigenvalue weighted by Crippen LogP contribution is 2.06. The van der Waals surface area contributed by atoms with Crippen molar-refractivity contribution in [3.63, 3.8) is 0 Å². The Morgan fingerprint density at radius 1 is 1.23 bits per heavy atom. The molecule has 0 nitrogen and oxygen atoms in total. The normalized spacial score (nSPS) is 10.9. The zero-order chi connectivity index (χ0) is 9.52. The molecule has 1 rings (SSSR count). The van der Waals surface area contributed by atoms with Crippen LogP contribution in [-0.4, -0.2) is 5.88 Å². The van der Waals surface area contributed by atoms with Crippen molar-refractivity contribution in [1.82, 2.24) is 0 Å². The summed E-state index contributed by atoms with van der Waals surface area (Å²) >= 11 is 5.57. The summed E-state index contributed by atoms with van der Waals surface area (Å²) in [6.45, 7) is 2.10. The van der Waals surface area contributed by atoms with Crippen LogP contribution in [0.1, 0.15) is 24.0 Å². The predicted molar refractivity (Wildman–Crippen MR) is 60.2 cm³/mol. The summed E-state index contributed by atoms with van der Waals surface area (Å²) in [6.07, 6.45) is 6.44. The lowest BCUT2D eigenvalue weighted by Crippen LogP contribution is -1.74. The number of unbranched alkanes of at least 4 members (excludes halogenated alkanes) is 1. The Bertz CT molecular complexity index is 259. The first-order chi connectivity index (χ1) is 6.33. The summed E-state index contributed by atoms with van der Waals surface area (Å²) in [6, 6.07) is 8.52. The fraction of sp³-hybridized carbons (Fsp3) is 0.333. The van der Waals surface area contributed by atoms with Gasteiger partial charge in [-0.15, -0.1) is 11.6 Å². The van der Waals surface area contributed by atoms with Gasteiger partial charge in [0.05, 0.1) is 0 Å². The molecule has 13 heavy (non-hydrogen) atoms. The van der Waals surface area contributed by atoms with Gasteiger partial charge in [0, 0.05) is 5.88 Å². The Kier molecular flexibility index (Phi) is 4.63. The summed E-state index contributed by atoms with van der Waals surface area (Å²) in [5.74, 6) is 0.748. The van der Waals surface area contributed by atoms with Crippen molar-refractivity contribution < 1.29 is 0 Å². The van der Waals surface area contributed by atoms with Gasteiger partial charge in [-0.25, -0.2) is 0 Å². The molecule has 0 saturated carbocycles. The largest absolute Gasteiger partial charge is 0.127 e. The van der Waals surface area contributed by atoms with Gasteiger partial charge < -0.3 is 0 Å². The van der Waals surface area contributed by atoms with Gasteiger partial charge in [0.1, 0.15) is 0 Å². The van der Waals surface area contributed by atoms with E-state index in [0.717, 1.165) is 18.7 Å². The lowest BCUT2D eigenvalue weighted by atomic mass is 10.1. The van der Waals surface area contributed by atoms with Crippen LogP contribution in [0.5, 0.6) is 0 Å². The van der Waals surface area contributed by atoms with E-state index in [2.05, 4.69) is 43.3 Å². The molecule has 0 amide bonds. The Morgan fingerprint density at radius 2 is 1.92 bits per heavy atom. The summed E-state index contributed by atoms with van der Waals surface area (Å²) in [4.78, 5) is 0. The molecule has 0 unspecified atom stereocenters. The molecule has 1 aromatic rings. The van der Waals surface area contributed by atoms with E-state index in [9.17, 15) is 0 Å². The van der Waals surface area contributed by atoms with Gasteiger partial charge in [0.2, 0.25) is 0 Å². The van der Waals surface area contributed by atoms with Gasteiger partial charge in [0.25, 0.3) is 0 Å². The number of aryl methyl sites for hydroxylation is 1. The van der Waals surface area contributed by atoms with Crippen LogP contribution in [0, 0.1) is 6.92 Å². The molecular formula is C12H15Cl. The zero-order valence-corrected chi connectivity index (χ0v) is 8.72. The first-order valence-electron chi connectivity index (χ1n) is 4.62. The molecule has 0 bridgehead atoms. The van der Waals surface area contributed by atoms with Crippen LogP contribution in [0.2, 0.25) is 0 Å². The van der Waals surface area contributed by atoms with E-state index in [1.165, 1.54) is 11.1 Å². The lowest BCUT2D eigenvalue weighted by Gasteiger charge is -1.94. The number of hydrogen-bond donors (Lipinski definition) is 0. The molecule has 0 aromatic heterocycles. The van der Waals surface area contributed by atoms with Crippen molar-refractivity contribution in [3.8, 4) is 0 Å². The van der Waals surface area contributed by atoms with Gasteiger partial charge in [-0.3, -0.25) is 0 Å². The summed E-state index contributed by atoms with van der Waals surface area (Å²) in [5.41, 5.74) is 2.57. The average Bonchev–Trinajstić information content (AvgIpc) is 2.15. The predicted octanol–water partition coefficient (Wildman–Crippen LogP) is 4.03. The van der Waals surface area contributed by atoms with E-state index in [0.29, 0.717) is 0 Å². The molecule has 0 aliphatic rings. The van der Waals surface area contributed by atoms with Crippen molar-refractivity contribution in [1.29, 1.82) is 0 Å². The molecular weight excluding hydrogens is 180 g/mol. The van der Waals surface area contributed by atoms with Crippen LogP contribution in [0.15, 0.2) is 30.3 Å². The summed E-state index contributed by atoms with van der Waals surface area (Å²) < 4.78 is 0. The smallest absolute Gasteiger partial charge is 0.0226 e. The van der Waals surface area contributed by atoms with E-state index in [4.69, 9.17) is 11.6 Å². The molecule has 0 saturated heterocycles. The maximum atomic E-state index is 5.57. The number of halogens is 1. The SMILES string of the molecule is Cc1ccc(C=CCCCCl)cc1. The number of allylic oxidation sites excluding steroid dienone is 1. The Hall–Kier alpha value is -0.750. The topological polar surface area (TPSA) is 0 Å². The van der Waals surface area contributed by atoms with Crippen LogP contribution < -0.4 is 0 Å². The third-order valence-corrected chi connectivity index (χ3v) is 2.16. The van der Waals surface area contributed by atoms with Crippen LogP contribution in [0.3, 0.4) is 0 Å². The molecule has 0 fully saturated rings. The minimum atomic E-state index is 0.748. The lowest BCUT2D eigenvalue weighted by molar-refractivity contribution is 0.970. The molecule has 70 valence electrons. The van der Waals surface area contributed by atoms with E-state index >= 15 is 0 Å². The minimum absolute atomic E-state index is 0.748. The second kappa shape index (κ2) is 5.82. The molecule has 1 heteroatoms. The van der Waals surface area contributed by atoms with E-state index < -0.39 is 0 Å². The van der Waals surface area contributed by atoms with Gasteiger partial charge in [0.15, 0.2) is 0 Å². The molecule has 0 aliphatic heterocycles. The second-order valence-electron chi connectivity index (χ2n) is 3.14. The van der Waals surface area contributed by atoms with E-state index in [1.54, 1.807) is 0 Å². The minimum Gasteiger partial charge on any atom is -0.127 e. The Balaban J connectivity index is 2.44. The molecule has 0 radical (unpaired) electrons. The third kappa shape index (κ3) is 4.14. The standard InChI is InChI=1S/C12H15Cl/c1-11-6-8-12(9-7-11)5-3-2-4-10-13/h3,5-9H,2,4,10H2,1H3. The van der Waals surface area contributed by atoms with E-state index in [-0.39, 0.29) is 0 Å². The highest BCUT2D eigenvalue weighted by molar-refractivity contribution is 6.17. The quantitative estimate of drug-likeness (QED) is 0.502. The molecule has 1 aromatic carbocycles. The number of rotatable bonds is 4. The molecule has 0 heterocycles. The van der Waals surface area contributed by atoms with Gasteiger partial charge in [-0.1, -0.05) is 42.0 Å². The van der Waals surface area contributed by atoms with Gasteiger partial charge >= 0.3 is 0 Å². The zero-order valence-electron chi connectivity index (χ0n) is 7.96. The fourth-order valence-electron chi connectivity index (χ4n) is 1.09.